The van der Waals surface area contributed by atoms with E-state index in [1.165, 1.54) is 0 Å². The van der Waals surface area contributed by atoms with Crippen LogP contribution in [-0.4, -0.2) is 45.3 Å². The van der Waals surface area contributed by atoms with E-state index in [-0.39, 0.29) is 11.9 Å². The van der Waals surface area contributed by atoms with Gasteiger partial charge in [0, 0.05) is 18.7 Å². The summed E-state index contributed by atoms with van der Waals surface area (Å²) in [5.41, 5.74) is 22.2. The van der Waals surface area contributed by atoms with Gasteiger partial charge in [0.25, 0.3) is 0 Å². The minimum atomic E-state index is 0.0564. The molecule has 0 radical (unpaired) electrons. The van der Waals surface area contributed by atoms with Crippen molar-refractivity contribution in [1.29, 1.82) is 0 Å². The van der Waals surface area contributed by atoms with Gasteiger partial charge in [-0.1, -0.05) is 0 Å². The minimum absolute atomic E-state index is 0.0564. The quantitative estimate of drug-likeness (QED) is 0.193. The van der Waals surface area contributed by atoms with Crippen molar-refractivity contribution in [3.63, 3.8) is 0 Å². The second-order valence-corrected chi connectivity index (χ2v) is 5.32. The molecule has 0 saturated heterocycles. The van der Waals surface area contributed by atoms with Gasteiger partial charge in [-0.2, -0.15) is 0 Å². The van der Waals surface area contributed by atoms with Crippen molar-refractivity contribution in [3.05, 3.63) is 23.8 Å². The van der Waals surface area contributed by atoms with Gasteiger partial charge >= 0.3 is 0 Å². The average molecular weight is 351 g/mol. The third kappa shape index (κ3) is 9.26. The van der Waals surface area contributed by atoms with E-state index in [1.807, 2.05) is 18.2 Å². The highest BCUT2D eigenvalue weighted by molar-refractivity contribution is 5.75. The Kier molecular flexibility index (Phi) is 9.61. The SMILES string of the molecule is COc1ccc(OCCN=C(N)N)c(CNCCCCN=C(N)N)c1. The molecule has 9 nitrogen and oxygen atoms in total. The Morgan fingerprint density at radius 1 is 1.04 bits per heavy atom. The molecule has 0 aliphatic heterocycles. The average Bonchev–Trinajstić information content (AvgIpc) is 2.58. The number of hydrogen-bond donors (Lipinski definition) is 5. The summed E-state index contributed by atoms with van der Waals surface area (Å²) in [5.74, 6) is 1.74. The van der Waals surface area contributed by atoms with Crippen LogP contribution in [0.15, 0.2) is 28.2 Å². The molecule has 0 aliphatic rings. The lowest BCUT2D eigenvalue weighted by Gasteiger charge is -2.13. The molecular weight excluding hydrogens is 322 g/mol. The lowest BCUT2D eigenvalue weighted by atomic mass is 10.2. The molecule has 0 unspecified atom stereocenters. The number of unbranched alkanes of at least 4 members (excludes halogenated alkanes) is 1. The first-order valence-electron chi connectivity index (χ1n) is 8.14. The van der Waals surface area contributed by atoms with Crippen molar-refractivity contribution in [2.75, 3.05) is 33.4 Å². The van der Waals surface area contributed by atoms with Gasteiger partial charge in [-0.3, -0.25) is 9.98 Å². The van der Waals surface area contributed by atoms with Crippen LogP contribution in [0.4, 0.5) is 0 Å². The number of guanidine groups is 2. The Balaban J connectivity index is 2.46. The first kappa shape index (κ1) is 20.4. The van der Waals surface area contributed by atoms with Crippen LogP contribution >= 0.6 is 0 Å². The summed E-state index contributed by atoms with van der Waals surface area (Å²) in [5, 5.41) is 3.38. The normalized spacial score (nSPS) is 10.1. The molecule has 1 aromatic rings. The van der Waals surface area contributed by atoms with Crippen molar-refractivity contribution in [2.24, 2.45) is 32.9 Å². The zero-order valence-corrected chi connectivity index (χ0v) is 14.7. The third-order valence-corrected chi connectivity index (χ3v) is 3.28. The van der Waals surface area contributed by atoms with Crippen LogP contribution in [0.1, 0.15) is 18.4 Å². The molecule has 140 valence electrons. The van der Waals surface area contributed by atoms with Crippen LogP contribution in [0, 0.1) is 0 Å². The largest absolute Gasteiger partial charge is 0.497 e. The Morgan fingerprint density at radius 3 is 2.44 bits per heavy atom. The molecule has 9 heteroatoms. The number of methoxy groups -OCH3 is 1. The van der Waals surface area contributed by atoms with E-state index in [0.717, 1.165) is 36.4 Å². The Labute approximate surface area is 148 Å². The highest BCUT2D eigenvalue weighted by Gasteiger charge is 2.06. The molecule has 0 spiro atoms. The van der Waals surface area contributed by atoms with Crippen LogP contribution in [0.25, 0.3) is 0 Å². The fourth-order valence-corrected chi connectivity index (χ4v) is 2.09. The third-order valence-electron chi connectivity index (χ3n) is 3.28. The molecular formula is C16H29N7O2. The highest BCUT2D eigenvalue weighted by atomic mass is 16.5. The Hall–Kier alpha value is -2.68. The van der Waals surface area contributed by atoms with E-state index in [0.29, 0.717) is 26.2 Å². The van der Waals surface area contributed by atoms with E-state index in [9.17, 15) is 0 Å². The summed E-state index contributed by atoms with van der Waals surface area (Å²) in [6, 6.07) is 5.68. The fraction of sp³-hybridized carbons (Fsp3) is 0.500. The predicted octanol–water partition coefficient (Wildman–Crippen LogP) is -0.509. The summed E-state index contributed by atoms with van der Waals surface area (Å²) < 4.78 is 11.0. The second kappa shape index (κ2) is 11.8. The van der Waals surface area contributed by atoms with Crippen LogP contribution in [-0.2, 0) is 6.54 Å². The number of nitrogens with two attached hydrogens (primary N) is 4. The second-order valence-electron chi connectivity index (χ2n) is 5.32. The molecule has 0 aliphatic carbocycles. The van der Waals surface area contributed by atoms with Crippen molar-refractivity contribution in [3.8, 4) is 11.5 Å². The molecule has 9 N–H and O–H groups in total. The van der Waals surface area contributed by atoms with E-state index in [2.05, 4.69) is 15.3 Å². The maximum Gasteiger partial charge on any atom is 0.186 e. The molecule has 0 amide bonds. The van der Waals surface area contributed by atoms with Crippen LogP contribution in [0.2, 0.25) is 0 Å². The van der Waals surface area contributed by atoms with Gasteiger partial charge in [0.1, 0.15) is 18.1 Å². The molecule has 25 heavy (non-hydrogen) atoms. The van der Waals surface area contributed by atoms with Crippen molar-refractivity contribution in [1.82, 2.24) is 5.32 Å². The zero-order valence-electron chi connectivity index (χ0n) is 14.7. The van der Waals surface area contributed by atoms with Gasteiger partial charge in [-0.15, -0.1) is 0 Å². The maximum atomic E-state index is 5.75. The number of ether oxygens (including phenoxy) is 2. The summed E-state index contributed by atoms with van der Waals surface area (Å²) in [6.45, 7) is 2.96. The van der Waals surface area contributed by atoms with E-state index in [4.69, 9.17) is 32.4 Å². The number of rotatable bonds is 12. The fourth-order valence-electron chi connectivity index (χ4n) is 2.09. The predicted molar refractivity (Wildman–Crippen MR) is 101 cm³/mol. The Morgan fingerprint density at radius 2 is 1.76 bits per heavy atom. The van der Waals surface area contributed by atoms with Gasteiger partial charge in [0.15, 0.2) is 11.9 Å². The smallest absolute Gasteiger partial charge is 0.186 e. The first-order chi connectivity index (χ1) is 12.0. The van der Waals surface area contributed by atoms with E-state index in [1.54, 1.807) is 7.11 Å². The lowest BCUT2D eigenvalue weighted by Crippen LogP contribution is -2.23. The molecule has 0 heterocycles. The zero-order chi connectivity index (χ0) is 18.5. The summed E-state index contributed by atoms with van der Waals surface area (Å²) in [6.07, 6.45) is 1.90. The number of benzene rings is 1. The molecule has 0 saturated carbocycles. The van der Waals surface area contributed by atoms with Gasteiger partial charge in [0.05, 0.1) is 13.7 Å². The monoisotopic (exact) mass is 351 g/mol. The lowest BCUT2D eigenvalue weighted by molar-refractivity contribution is 0.323. The molecule has 0 fully saturated rings. The topological polar surface area (TPSA) is 159 Å². The molecule has 1 rings (SSSR count). The Bertz CT molecular complexity index is 568. The van der Waals surface area contributed by atoms with Gasteiger partial charge in [-0.05, 0) is 37.6 Å². The summed E-state index contributed by atoms with van der Waals surface area (Å²) >= 11 is 0. The van der Waals surface area contributed by atoms with E-state index < -0.39 is 0 Å². The number of hydrogen-bond acceptors (Lipinski definition) is 5. The van der Waals surface area contributed by atoms with Gasteiger partial charge < -0.3 is 37.7 Å². The number of nitrogens with zero attached hydrogens (tertiary/aromatic N) is 2. The molecule has 1 aromatic carbocycles. The number of nitrogens with one attached hydrogen (secondary N) is 1. The van der Waals surface area contributed by atoms with E-state index >= 15 is 0 Å². The van der Waals surface area contributed by atoms with Crippen molar-refractivity contribution >= 4 is 11.9 Å². The standard InChI is InChI=1S/C16H29N7O2/c1-24-13-4-5-14(25-9-8-23-16(19)20)12(10-13)11-21-6-2-3-7-22-15(17)18/h4-5,10,21H,2-3,6-9,11H2,1H3,(H4,17,18,22)(H4,19,20,23). The summed E-state index contributed by atoms with van der Waals surface area (Å²) in [7, 11) is 1.63. The van der Waals surface area contributed by atoms with Crippen LogP contribution in [0.5, 0.6) is 11.5 Å². The van der Waals surface area contributed by atoms with Crippen molar-refractivity contribution < 1.29 is 9.47 Å². The maximum absolute atomic E-state index is 5.75. The molecule has 0 aromatic heterocycles. The van der Waals surface area contributed by atoms with Gasteiger partial charge in [0.2, 0.25) is 0 Å². The minimum Gasteiger partial charge on any atom is -0.497 e. The van der Waals surface area contributed by atoms with Crippen molar-refractivity contribution in [2.45, 2.75) is 19.4 Å². The first-order valence-corrected chi connectivity index (χ1v) is 8.14. The number of aliphatic imine (C=N–C) groups is 2. The summed E-state index contributed by atoms with van der Waals surface area (Å²) in [4.78, 5) is 7.85. The van der Waals surface area contributed by atoms with Crippen LogP contribution in [0.3, 0.4) is 0 Å². The molecule has 0 atom stereocenters. The highest BCUT2D eigenvalue weighted by Crippen LogP contribution is 2.24. The molecule has 0 bridgehead atoms. The van der Waals surface area contributed by atoms with Gasteiger partial charge in [-0.25, -0.2) is 0 Å². The van der Waals surface area contributed by atoms with Crippen LogP contribution < -0.4 is 37.7 Å².